The Balaban J connectivity index is 1.76. The summed E-state index contributed by atoms with van der Waals surface area (Å²) in [6.45, 7) is 4.38. The van der Waals surface area contributed by atoms with E-state index in [0.717, 1.165) is 0 Å². The van der Waals surface area contributed by atoms with Crippen molar-refractivity contribution in [2.45, 2.75) is 33.1 Å². The van der Waals surface area contributed by atoms with Crippen molar-refractivity contribution < 1.29 is 29.3 Å². The molecule has 0 heterocycles. The van der Waals surface area contributed by atoms with E-state index >= 15 is 0 Å². The van der Waals surface area contributed by atoms with Gasteiger partial charge in [-0.2, -0.15) is 10.2 Å². The molecule has 35 heavy (non-hydrogen) atoms. The Hall–Kier alpha value is -3.12. The topological polar surface area (TPSA) is 142 Å². The summed E-state index contributed by atoms with van der Waals surface area (Å²) in [5, 5.41) is 27.6. The summed E-state index contributed by atoms with van der Waals surface area (Å²) >= 11 is 6.47. The number of hydrogen-bond donors (Lipinski definition) is 4. The highest BCUT2D eigenvalue weighted by molar-refractivity contribution is 9.10. The monoisotopic (exact) mass is 612 g/mol. The fraction of sp³-hybridized carbons (Fsp3) is 0.304. The van der Waals surface area contributed by atoms with Crippen LogP contribution in [0.15, 0.2) is 43.4 Å². The van der Waals surface area contributed by atoms with E-state index in [1.54, 1.807) is 38.1 Å². The number of carbonyl (C=O) groups excluding carboxylic acids is 2. The van der Waals surface area contributed by atoms with Crippen molar-refractivity contribution in [2.75, 3.05) is 13.2 Å². The molecule has 2 amide bonds. The Labute approximate surface area is 219 Å². The summed E-state index contributed by atoms with van der Waals surface area (Å²) < 4.78 is 11.6. The Morgan fingerprint density at radius 3 is 1.60 bits per heavy atom. The minimum atomic E-state index is -0.349. The first-order valence-electron chi connectivity index (χ1n) is 10.7. The molecule has 188 valence electrons. The van der Waals surface area contributed by atoms with Gasteiger partial charge in [-0.05, 0) is 87.5 Å². The molecule has 2 aromatic carbocycles. The number of carbonyl (C=O) groups is 2. The second kappa shape index (κ2) is 14.3. The molecule has 0 unspecified atom stereocenters. The number of phenols is 2. The Kier molecular flexibility index (Phi) is 11.5. The smallest absolute Gasteiger partial charge is 0.240 e. The molecular weight excluding hydrogens is 588 g/mol. The first-order chi connectivity index (χ1) is 16.7. The molecule has 0 aliphatic rings. The average Bonchev–Trinajstić information content (AvgIpc) is 2.80. The quantitative estimate of drug-likeness (QED) is 0.209. The number of hydrazone groups is 2. The second-order valence-electron chi connectivity index (χ2n) is 7.00. The van der Waals surface area contributed by atoms with Crippen LogP contribution in [0.25, 0.3) is 0 Å². The third kappa shape index (κ3) is 9.21. The van der Waals surface area contributed by atoms with Gasteiger partial charge in [0.15, 0.2) is 23.0 Å². The fourth-order valence-corrected chi connectivity index (χ4v) is 3.67. The molecule has 10 nitrogen and oxygen atoms in total. The molecule has 0 bridgehead atoms. The number of halogens is 2. The van der Waals surface area contributed by atoms with Gasteiger partial charge in [-0.15, -0.1) is 0 Å². The predicted octanol–water partition coefficient (Wildman–Crippen LogP) is 4.19. The van der Waals surface area contributed by atoms with E-state index in [4.69, 9.17) is 9.47 Å². The molecule has 0 aliphatic carbocycles. The van der Waals surface area contributed by atoms with Gasteiger partial charge >= 0.3 is 0 Å². The summed E-state index contributed by atoms with van der Waals surface area (Å²) in [5.74, 6) is -0.119. The molecule has 0 aliphatic heterocycles. The summed E-state index contributed by atoms with van der Waals surface area (Å²) in [6.07, 6.45) is 3.34. The predicted molar refractivity (Wildman–Crippen MR) is 139 cm³/mol. The first-order valence-corrected chi connectivity index (χ1v) is 12.3. The molecule has 0 fully saturated rings. The molecule has 4 N–H and O–H groups in total. The number of rotatable bonds is 12. The summed E-state index contributed by atoms with van der Waals surface area (Å²) in [6, 6.07) is 6.46. The van der Waals surface area contributed by atoms with Crippen LogP contribution < -0.4 is 20.3 Å². The highest BCUT2D eigenvalue weighted by Crippen LogP contribution is 2.35. The lowest BCUT2D eigenvalue weighted by Gasteiger charge is -2.08. The van der Waals surface area contributed by atoms with Gasteiger partial charge in [0.05, 0.1) is 34.6 Å². The van der Waals surface area contributed by atoms with Crippen LogP contribution >= 0.6 is 31.9 Å². The number of benzene rings is 2. The number of hydrogen-bond acceptors (Lipinski definition) is 8. The van der Waals surface area contributed by atoms with E-state index in [-0.39, 0.29) is 36.2 Å². The Morgan fingerprint density at radius 2 is 1.23 bits per heavy atom. The lowest BCUT2D eigenvalue weighted by molar-refractivity contribution is -0.122. The van der Waals surface area contributed by atoms with Gasteiger partial charge in [0.2, 0.25) is 11.8 Å². The van der Waals surface area contributed by atoms with Gasteiger partial charge in [0.1, 0.15) is 0 Å². The Morgan fingerprint density at radius 1 is 0.829 bits per heavy atom. The molecule has 0 saturated heterocycles. The number of nitrogens with one attached hydrogen (secondary N) is 2. The van der Waals surface area contributed by atoms with E-state index in [0.29, 0.717) is 51.2 Å². The van der Waals surface area contributed by atoms with Gasteiger partial charge < -0.3 is 19.7 Å². The maximum atomic E-state index is 12.0. The molecule has 0 aromatic heterocycles. The number of ether oxygens (including phenoxy) is 2. The van der Waals surface area contributed by atoms with Crippen molar-refractivity contribution in [3.8, 4) is 23.0 Å². The van der Waals surface area contributed by atoms with Crippen LogP contribution in [0.3, 0.4) is 0 Å². The number of aromatic hydroxyl groups is 2. The minimum Gasteiger partial charge on any atom is -0.503 e. The van der Waals surface area contributed by atoms with Crippen LogP contribution in [0.4, 0.5) is 0 Å². The van der Waals surface area contributed by atoms with Crippen LogP contribution in [-0.2, 0) is 9.59 Å². The molecule has 2 aromatic rings. The average molecular weight is 614 g/mol. The van der Waals surface area contributed by atoms with Gasteiger partial charge in [0, 0.05) is 12.8 Å². The maximum absolute atomic E-state index is 12.0. The van der Waals surface area contributed by atoms with Crippen molar-refractivity contribution in [3.63, 3.8) is 0 Å². The molecule has 2 rings (SSSR count). The summed E-state index contributed by atoms with van der Waals surface area (Å²) in [5.41, 5.74) is 6.02. The Bertz CT molecular complexity index is 1020. The molecule has 0 saturated carbocycles. The third-order valence-electron chi connectivity index (χ3n) is 4.31. The van der Waals surface area contributed by atoms with Gasteiger partial charge in [-0.1, -0.05) is 0 Å². The van der Waals surface area contributed by atoms with E-state index in [9.17, 15) is 19.8 Å². The fourth-order valence-electron chi connectivity index (χ4n) is 2.75. The number of nitrogens with zero attached hydrogens (tertiary/aromatic N) is 2. The summed E-state index contributed by atoms with van der Waals surface area (Å²) in [7, 11) is 0. The van der Waals surface area contributed by atoms with Gasteiger partial charge in [0.25, 0.3) is 0 Å². The van der Waals surface area contributed by atoms with Crippen molar-refractivity contribution in [1.82, 2.24) is 10.9 Å². The van der Waals surface area contributed by atoms with Gasteiger partial charge in [-0.3, -0.25) is 9.59 Å². The van der Waals surface area contributed by atoms with Crippen LogP contribution in [0, 0.1) is 0 Å². The first kappa shape index (κ1) is 28.1. The number of phenolic OH excluding ortho intramolecular Hbond substituents is 2. The largest absolute Gasteiger partial charge is 0.503 e. The van der Waals surface area contributed by atoms with E-state index in [1.807, 2.05) is 0 Å². The maximum Gasteiger partial charge on any atom is 0.240 e. The van der Waals surface area contributed by atoms with E-state index in [2.05, 4.69) is 52.9 Å². The lowest BCUT2D eigenvalue weighted by atomic mass is 10.2. The van der Waals surface area contributed by atoms with Crippen LogP contribution in [0.2, 0.25) is 0 Å². The molecule has 12 heteroatoms. The zero-order valence-electron chi connectivity index (χ0n) is 19.2. The van der Waals surface area contributed by atoms with Crippen LogP contribution in [-0.4, -0.2) is 47.7 Å². The van der Waals surface area contributed by atoms with Crippen molar-refractivity contribution in [3.05, 3.63) is 44.3 Å². The van der Waals surface area contributed by atoms with Gasteiger partial charge in [-0.25, -0.2) is 10.9 Å². The van der Waals surface area contributed by atoms with Crippen molar-refractivity contribution >= 4 is 56.1 Å². The highest BCUT2D eigenvalue weighted by Gasteiger charge is 2.10. The molecule has 0 atom stereocenters. The zero-order valence-corrected chi connectivity index (χ0v) is 22.3. The second-order valence-corrected chi connectivity index (χ2v) is 8.71. The molecular formula is C23H26Br2N4O6. The standard InChI is InChI=1S/C23H26Br2N4O6/c1-3-34-18-10-14(8-16(24)22(18)32)12-26-28-20(30)6-5-7-21(31)29-27-13-15-9-17(25)23(33)19(11-15)35-4-2/h8-13,32-33H,3-7H2,1-2H3,(H,28,30)(H,29,31)/b26-12-,27-13+. The normalized spacial score (nSPS) is 11.1. The van der Waals surface area contributed by atoms with Crippen LogP contribution in [0.5, 0.6) is 23.0 Å². The lowest BCUT2D eigenvalue weighted by Crippen LogP contribution is -2.20. The SMILES string of the molecule is CCOc1cc(/C=N\NC(=O)CCCC(=O)N/N=C/c2cc(Br)c(O)c(OCC)c2)cc(Br)c1O. The zero-order chi connectivity index (χ0) is 25.8. The molecule has 0 radical (unpaired) electrons. The third-order valence-corrected chi connectivity index (χ3v) is 5.52. The summed E-state index contributed by atoms with van der Waals surface area (Å²) in [4.78, 5) is 23.9. The van der Waals surface area contributed by atoms with E-state index < -0.39 is 0 Å². The van der Waals surface area contributed by atoms with Crippen molar-refractivity contribution in [2.24, 2.45) is 10.2 Å². The number of amides is 2. The van der Waals surface area contributed by atoms with Crippen LogP contribution in [0.1, 0.15) is 44.2 Å². The highest BCUT2D eigenvalue weighted by atomic mass is 79.9. The molecule has 0 spiro atoms. The minimum absolute atomic E-state index is 0.0122. The van der Waals surface area contributed by atoms with Crippen molar-refractivity contribution in [1.29, 1.82) is 0 Å². The van der Waals surface area contributed by atoms with E-state index in [1.165, 1.54) is 12.4 Å².